The quantitative estimate of drug-likeness (QED) is 0.711. The number of aliphatic hydroxyl groups is 1. The molecule has 3 unspecified atom stereocenters. The Labute approximate surface area is 170 Å². The summed E-state index contributed by atoms with van der Waals surface area (Å²) in [6.45, 7) is 13.1. The minimum Gasteiger partial charge on any atom is -0.413 e. The van der Waals surface area contributed by atoms with Crippen LogP contribution < -0.4 is 0 Å². The van der Waals surface area contributed by atoms with E-state index in [0.29, 0.717) is 0 Å². The molecule has 28 heavy (non-hydrogen) atoms. The van der Waals surface area contributed by atoms with Gasteiger partial charge in [-0.1, -0.05) is 57.2 Å². The van der Waals surface area contributed by atoms with Crippen LogP contribution in [0.25, 0.3) is 0 Å². The van der Waals surface area contributed by atoms with Crippen LogP contribution in [-0.2, 0) is 11.0 Å². The van der Waals surface area contributed by atoms with Gasteiger partial charge in [-0.2, -0.15) is 0 Å². The van der Waals surface area contributed by atoms with Crippen LogP contribution in [0.3, 0.4) is 0 Å². The van der Waals surface area contributed by atoms with E-state index in [1.165, 1.54) is 5.56 Å². The van der Waals surface area contributed by atoms with E-state index in [2.05, 4.69) is 68.0 Å². The van der Waals surface area contributed by atoms with E-state index in [9.17, 15) is 5.11 Å². The maximum atomic E-state index is 11.1. The highest BCUT2D eigenvalue weighted by atomic mass is 28.4. The number of aromatic nitrogens is 1. The van der Waals surface area contributed by atoms with Crippen molar-refractivity contribution in [2.45, 2.75) is 70.1 Å². The highest BCUT2D eigenvalue weighted by Gasteiger charge is 2.44. The highest BCUT2D eigenvalue weighted by Crippen LogP contribution is 2.40. The molecule has 4 nitrogen and oxygen atoms in total. The number of nitrogens with zero attached hydrogens (tertiary/aromatic N) is 2. The average Bonchev–Trinajstić information content (AvgIpc) is 3.03. The first-order valence-electron chi connectivity index (χ1n) is 10.2. The third kappa shape index (κ3) is 4.89. The fraction of sp³-hybridized carbons (Fsp3) is 0.522. The fourth-order valence-electron chi connectivity index (χ4n) is 3.67. The molecular weight excluding hydrogens is 364 g/mol. The first-order chi connectivity index (χ1) is 13.2. The summed E-state index contributed by atoms with van der Waals surface area (Å²) in [5.41, 5.74) is 2.14. The predicted molar refractivity (Wildman–Crippen MR) is 117 cm³/mol. The van der Waals surface area contributed by atoms with Crippen molar-refractivity contribution in [2.24, 2.45) is 0 Å². The van der Waals surface area contributed by atoms with Crippen molar-refractivity contribution < 1.29 is 9.53 Å². The first kappa shape index (κ1) is 21.2. The fourth-order valence-corrected chi connectivity index (χ4v) is 5.03. The van der Waals surface area contributed by atoms with Crippen LogP contribution in [0.2, 0.25) is 18.1 Å². The Morgan fingerprint density at radius 1 is 1.18 bits per heavy atom. The smallest absolute Gasteiger partial charge is 0.192 e. The normalized spacial score (nSPS) is 22.4. The monoisotopic (exact) mass is 398 g/mol. The maximum Gasteiger partial charge on any atom is 0.192 e. The van der Waals surface area contributed by atoms with Gasteiger partial charge >= 0.3 is 0 Å². The van der Waals surface area contributed by atoms with E-state index in [-0.39, 0.29) is 17.2 Å². The molecule has 0 bridgehead atoms. The van der Waals surface area contributed by atoms with E-state index in [1.54, 1.807) is 12.4 Å². The molecular formula is C23H34N2O2Si. The molecule has 2 heterocycles. The van der Waals surface area contributed by atoms with E-state index in [0.717, 1.165) is 25.1 Å². The summed E-state index contributed by atoms with van der Waals surface area (Å²) in [7, 11) is -1.86. The lowest BCUT2D eigenvalue weighted by atomic mass is 10.0. The van der Waals surface area contributed by atoms with Crippen LogP contribution in [0, 0.1) is 0 Å². The third-order valence-electron chi connectivity index (χ3n) is 6.30. The van der Waals surface area contributed by atoms with Gasteiger partial charge in [-0.25, -0.2) is 0 Å². The molecule has 3 atom stereocenters. The topological polar surface area (TPSA) is 45.6 Å². The molecule has 1 saturated heterocycles. The molecule has 5 heteroatoms. The van der Waals surface area contributed by atoms with E-state index < -0.39 is 14.4 Å². The average molecular weight is 399 g/mol. The minimum atomic E-state index is -1.86. The summed E-state index contributed by atoms with van der Waals surface area (Å²) >= 11 is 0. The molecule has 152 valence electrons. The number of hydrogen-bond acceptors (Lipinski definition) is 4. The van der Waals surface area contributed by atoms with Crippen molar-refractivity contribution in [3.05, 3.63) is 66.0 Å². The number of likely N-dealkylation sites (tertiary alicyclic amines) is 1. The lowest BCUT2D eigenvalue weighted by Crippen LogP contribution is -2.44. The Morgan fingerprint density at radius 3 is 2.50 bits per heavy atom. The van der Waals surface area contributed by atoms with Gasteiger partial charge in [0.2, 0.25) is 0 Å². The number of benzene rings is 1. The van der Waals surface area contributed by atoms with Crippen LogP contribution in [-0.4, -0.2) is 42.0 Å². The molecule has 1 fully saturated rings. The third-order valence-corrected chi connectivity index (χ3v) is 10.8. The Kier molecular flexibility index (Phi) is 6.40. The van der Waals surface area contributed by atoms with Crippen LogP contribution in [0.4, 0.5) is 0 Å². The molecule has 1 aromatic carbocycles. The standard InChI is InChI=1S/C23H34N2O2Si/c1-23(2,3)28(4,5)27-20-14-21(22(26)19-12-9-13-24-15-19)25(17-20)16-18-10-7-6-8-11-18/h6-13,15,20-22,26H,14,16-17H2,1-5H3. The minimum absolute atomic E-state index is 0.0270. The van der Waals surface area contributed by atoms with Crippen LogP contribution in [0.1, 0.15) is 44.4 Å². The zero-order valence-corrected chi connectivity index (χ0v) is 18.8. The second-order valence-corrected chi connectivity index (χ2v) is 14.2. The van der Waals surface area contributed by atoms with Crippen LogP contribution in [0.15, 0.2) is 54.9 Å². The number of aliphatic hydroxyl groups excluding tert-OH is 1. The van der Waals surface area contributed by atoms with Crippen molar-refractivity contribution in [3.8, 4) is 0 Å². The highest BCUT2D eigenvalue weighted by molar-refractivity contribution is 6.74. The zero-order valence-electron chi connectivity index (χ0n) is 17.8. The lowest BCUT2D eigenvalue weighted by Gasteiger charge is -2.38. The first-order valence-corrected chi connectivity index (χ1v) is 13.1. The number of pyridine rings is 1. The SMILES string of the molecule is CC(C)(C)[Si](C)(C)OC1CC(C(O)c2cccnc2)N(Cc2ccccc2)C1. The molecule has 0 spiro atoms. The Balaban J connectivity index is 1.80. The predicted octanol–water partition coefficient (Wildman–Crippen LogP) is 4.78. The Hall–Kier alpha value is -1.53. The van der Waals surface area contributed by atoms with Gasteiger partial charge in [0, 0.05) is 37.1 Å². The van der Waals surface area contributed by atoms with E-state index in [4.69, 9.17) is 4.43 Å². The van der Waals surface area contributed by atoms with Crippen LogP contribution in [0.5, 0.6) is 0 Å². The lowest BCUT2D eigenvalue weighted by molar-refractivity contribution is 0.0686. The largest absolute Gasteiger partial charge is 0.413 e. The van der Waals surface area contributed by atoms with Gasteiger partial charge in [-0.05, 0) is 36.2 Å². The van der Waals surface area contributed by atoms with Crippen molar-refractivity contribution >= 4 is 8.32 Å². The molecule has 1 aliphatic heterocycles. The summed E-state index contributed by atoms with van der Waals surface area (Å²) in [4.78, 5) is 6.57. The molecule has 1 N–H and O–H groups in total. The second kappa shape index (κ2) is 8.45. The number of rotatable bonds is 6. The summed E-state index contributed by atoms with van der Waals surface area (Å²) in [6.07, 6.45) is 3.95. The molecule has 1 aliphatic rings. The molecule has 0 radical (unpaired) electrons. The van der Waals surface area contributed by atoms with Gasteiger partial charge < -0.3 is 9.53 Å². The van der Waals surface area contributed by atoms with E-state index in [1.807, 2.05) is 18.2 Å². The molecule has 0 saturated carbocycles. The van der Waals surface area contributed by atoms with Gasteiger partial charge in [0.05, 0.1) is 12.2 Å². The molecule has 2 aromatic rings. The zero-order chi connectivity index (χ0) is 20.4. The van der Waals surface area contributed by atoms with Gasteiger partial charge in [0.15, 0.2) is 8.32 Å². The van der Waals surface area contributed by atoms with Crippen molar-refractivity contribution in [1.82, 2.24) is 9.88 Å². The molecule has 1 aromatic heterocycles. The number of hydrogen-bond donors (Lipinski definition) is 1. The summed E-state index contributed by atoms with van der Waals surface area (Å²) in [5.74, 6) is 0. The van der Waals surface area contributed by atoms with Gasteiger partial charge in [0.25, 0.3) is 0 Å². The van der Waals surface area contributed by atoms with E-state index >= 15 is 0 Å². The van der Waals surface area contributed by atoms with Gasteiger partial charge in [-0.3, -0.25) is 9.88 Å². The van der Waals surface area contributed by atoms with Crippen LogP contribution >= 0.6 is 0 Å². The summed E-state index contributed by atoms with van der Waals surface area (Å²) in [6, 6.07) is 14.4. The molecule has 0 aliphatic carbocycles. The van der Waals surface area contributed by atoms with Gasteiger partial charge in [-0.15, -0.1) is 0 Å². The molecule has 3 rings (SSSR count). The second-order valence-electron chi connectivity index (χ2n) is 9.45. The van der Waals surface area contributed by atoms with Crippen molar-refractivity contribution in [1.29, 1.82) is 0 Å². The van der Waals surface area contributed by atoms with Crippen molar-refractivity contribution in [2.75, 3.05) is 6.54 Å². The molecule has 0 amide bonds. The summed E-state index contributed by atoms with van der Waals surface area (Å²) in [5, 5.41) is 11.3. The maximum absolute atomic E-state index is 11.1. The van der Waals surface area contributed by atoms with Crippen molar-refractivity contribution in [3.63, 3.8) is 0 Å². The summed E-state index contributed by atoms with van der Waals surface area (Å²) < 4.78 is 6.72. The van der Waals surface area contributed by atoms with Gasteiger partial charge in [0.1, 0.15) is 0 Å². The Morgan fingerprint density at radius 2 is 1.89 bits per heavy atom. The Bertz CT molecular complexity index is 746.